The van der Waals surface area contributed by atoms with Gasteiger partial charge in [-0.2, -0.15) is 0 Å². The zero-order valence-electron chi connectivity index (χ0n) is 13.0. The topological polar surface area (TPSA) is 72.5 Å². The second-order valence-electron chi connectivity index (χ2n) is 5.58. The van der Waals surface area contributed by atoms with Gasteiger partial charge < -0.3 is 15.6 Å². The molecule has 3 N–H and O–H groups in total. The van der Waals surface area contributed by atoms with E-state index in [1.54, 1.807) is 0 Å². The Morgan fingerprint density at radius 3 is 2.81 bits per heavy atom. The van der Waals surface area contributed by atoms with Crippen LogP contribution in [0, 0.1) is 11.8 Å². The van der Waals surface area contributed by atoms with Crippen molar-refractivity contribution in [1.29, 1.82) is 0 Å². The monoisotopic (exact) mass is 293 g/mol. The average molecular weight is 293 g/mol. The van der Waals surface area contributed by atoms with Gasteiger partial charge in [0.2, 0.25) is 0 Å². The molecule has 0 amide bonds. The van der Waals surface area contributed by atoms with Crippen LogP contribution in [-0.2, 0) is 11.2 Å². The van der Waals surface area contributed by atoms with Crippen molar-refractivity contribution in [2.24, 2.45) is 17.6 Å². The lowest BCUT2D eigenvalue weighted by Gasteiger charge is -2.16. The Hall–Kier alpha value is -1.55. The van der Waals surface area contributed by atoms with E-state index in [0.717, 1.165) is 25.0 Å². The van der Waals surface area contributed by atoms with Gasteiger partial charge in [0.25, 0.3) is 0 Å². The molecule has 0 saturated carbocycles. The lowest BCUT2D eigenvalue weighted by Crippen LogP contribution is -2.25. The predicted octanol–water partition coefficient (Wildman–Crippen LogP) is 3.09. The number of hydrogen-bond donors (Lipinski definition) is 2. The molecule has 0 spiro atoms. The van der Waals surface area contributed by atoms with Crippen LogP contribution in [0.5, 0.6) is 5.75 Å². The highest BCUT2D eigenvalue weighted by Gasteiger charge is 2.18. The molecule has 0 bridgehead atoms. The van der Waals surface area contributed by atoms with Crippen LogP contribution in [0.25, 0.3) is 0 Å². The molecule has 2 unspecified atom stereocenters. The molecular weight excluding hydrogens is 266 g/mol. The normalized spacial score (nSPS) is 13.7. The Labute approximate surface area is 127 Å². The smallest absolute Gasteiger partial charge is 0.307 e. The molecule has 1 aromatic carbocycles. The Morgan fingerprint density at radius 1 is 1.43 bits per heavy atom. The van der Waals surface area contributed by atoms with Gasteiger partial charge in [-0.15, -0.1) is 0 Å². The summed E-state index contributed by atoms with van der Waals surface area (Å²) in [6.07, 6.45) is 3.72. The minimum atomic E-state index is -0.784. The largest absolute Gasteiger partial charge is 0.494 e. The van der Waals surface area contributed by atoms with Crippen LogP contribution in [0.3, 0.4) is 0 Å². The highest BCUT2D eigenvalue weighted by atomic mass is 16.5. The fourth-order valence-corrected chi connectivity index (χ4v) is 2.51. The van der Waals surface area contributed by atoms with Gasteiger partial charge in [-0.05, 0) is 49.8 Å². The molecule has 0 aliphatic heterocycles. The van der Waals surface area contributed by atoms with E-state index >= 15 is 0 Å². The van der Waals surface area contributed by atoms with E-state index in [1.165, 1.54) is 5.56 Å². The van der Waals surface area contributed by atoms with Crippen molar-refractivity contribution in [3.05, 3.63) is 29.8 Å². The van der Waals surface area contributed by atoms with Crippen LogP contribution in [-0.4, -0.2) is 24.2 Å². The molecule has 0 fully saturated rings. The first-order chi connectivity index (χ1) is 10.1. The van der Waals surface area contributed by atoms with Crippen molar-refractivity contribution in [3.8, 4) is 5.75 Å². The standard InChI is InChI=1S/C17H27NO3/c1-3-21-16-9-5-8-14(11-16)7-4-6-13(2)10-15(12-18)17(19)20/h5,8-9,11,13,15H,3-4,6-7,10,12,18H2,1-2H3,(H,19,20). The van der Waals surface area contributed by atoms with E-state index in [4.69, 9.17) is 15.6 Å². The van der Waals surface area contributed by atoms with E-state index in [9.17, 15) is 4.79 Å². The highest BCUT2D eigenvalue weighted by Crippen LogP contribution is 2.20. The molecule has 21 heavy (non-hydrogen) atoms. The van der Waals surface area contributed by atoms with Gasteiger partial charge in [0.15, 0.2) is 0 Å². The summed E-state index contributed by atoms with van der Waals surface area (Å²) in [5, 5.41) is 9.01. The number of rotatable bonds is 10. The fraction of sp³-hybridized carbons (Fsp3) is 0.588. The predicted molar refractivity (Wildman–Crippen MR) is 84.5 cm³/mol. The minimum absolute atomic E-state index is 0.218. The van der Waals surface area contributed by atoms with Gasteiger partial charge in [-0.1, -0.05) is 25.5 Å². The maximum atomic E-state index is 11.0. The van der Waals surface area contributed by atoms with Crippen LogP contribution in [0.2, 0.25) is 0 Å². The maximum Gasteiger partial charge on any atom is 0.307 e. The van der Waals surface area contributed by atoms with E-state index in [-0.39, 0.29) is 6.54 Å². The number of aliphatic carboxylic acids is 1. The summed E-state index contributed by atoms with van der Waals surface area (Å²) in [6.45, 7) is 4.97. The van der Waals surface area contributed by atoms with Gasteiger partial charge in [-0.3, -0.25) is 4.79 Å². The summed E-state index contributed by atoms with van der Waals surface area (Å²) in [5.41, 5.74) is 6.76. The van der Waals surface area contributed by atoms with E-state index in [2.05, 4.69) is 19.1 Å². The van der Waals surface area contributed by atoms with Crippen LogP contribution in [0.1, 0.15) is 38.7 Å². The molecular formula is C17H27NO3. The molecule has 0 aromatic heterocycles. The molecule has 0 aliphatic carbocycles. The first-order valence-corrected chi connectivity index (χ1v) is 7.71. The highest BCUT2D eigenvalue weighted by molar-refractivity contribution is 5.70. The third-order valence-electron chi connectivity index (χ3n) is 3.69. The first kappa shape index (κ1) is 17.5. The van der Waals surface area contributed by atoms with Gasteiger partial charge in [-0.25, -0.2) is 0 Å². The molecule has 4 nitrogen and oxygen atoms in total. The molecule has 2 atom stereocenters. The average Bonchev–Trinajstić information content (AvgIpc) is 2.45. The zero-order valence-corrected chi connectivity index (χ0v) is 13.0. The van der Waals surface area contributed by atoms with Crippen LogP contribution in [0.4, 0.5) is 0 Å². The van der Waals surface area contributed by atoms with Crippen molar-refractivity contribution < 1.29 is 14.6 Å². The second-order valence-corrected chi connectivity index (χ2v) is 5.58. The van der Waals surface area contributed by atoms with Gasteiger partial charge in [0.1, 0.15) is 5.75 Å². The molecule has 1 aromatic rings. The van der Waals surface area contributed by atoms with E-state index in [0.29, 0.717) is 18.9 Å². The number of ether oxygens (including phenoxy) is 1. The number of carbonyl (C=O) groups is 1. The molecule has 0 heterocycles. The Morgan fingerprint density at radius 2 is 2.19 bits per heavy atom. The summed E-state index contributed by atoms with van der Waals surface area (Å²) < 4.78 is 5.49. The van der Waals surface area contributed by atoms with Crippen molar-refractivity contribution in [3.63, 3.8) is 0 Å². The fourth-order valence-electron chi connectivity index (χ4n) is 2.51. The van der Waals surface area contributed by atoms with Crippen molar-refractivity contribution >= 4 is 5.97 Å². The van der Waals surface area contributed by atoms with Crippen LogP contribution in [0.15, 0.2) is 24.3 Å². The van der Waals surface area contributed by atoms with Gasteiger partial charge in [0, 0.05) is 6.54 Å². The molecule has 0 saturated heterocycles. The summed E-state index contributed by atoms with van der Waals surface area (Å²) in [6, 6.07) is 8.16. The third kappa shape index (κ3) is 6.63. The SMILES string of the molecule is CCOc1cccc(CCCC(C)CC(CN)C(=O)O)c1. The summed E-state index contributed by atoms with van der Waals surface area (Å²) in [7, 11) is 0. The molecule has 0 aliphatic rings. The lowest BCUT2D eigenvalue weighted by molar-refractivity contribution is -0.141. The summed E-state index contributed by atoms with van der Waals surface area (Å²) >= 11 is 0. The van der Waals surface area contributed by atoms with Crippen molar-refractivity contribution in [2.45, 2.75) is 39.5 Å². The lowest BCUT2D eigenvalue weighted by atomic mass is 9.91. The number of benzene rings is 1. The number of aryl methyl sites for hydroxylation is 1. The number of nitrogens with two attached hydrogens (primary N) is 1. The van der Waals surface area contributed by atoms with Crippen LogP contribution < -0.4 is 10.5 Å². The van der Waals surface area contributed by atoms with E-state index in [1.807, 2.05) is 19.1 Å². The summed E-state index contributed by atoms with van der Waals surface area (Å²) in [5.74, 6) is 0.0943. The molecule has 118 valence electrons. The quantitative estimate of drug-likeness (QED) is 0.695. The van der Waals surface area contributed by atoms with E-state index < -0.39 is 11.9 Å². The summed E-state index contributed by atoms with van der Waals surface area (Å²) in [4.78, 5) is 11.0. The first-order valence-electron chi connectivity index (χ1n) is 7.71. The zero-order chi connectivity index (χ0) is 15.7. The third-order valence-corrected chi connectivity index (χ3v) is 3.69. The Bertz CT molecular complexity index is 434. The molecule has 4 heteroatoms. The van der Waals surface area contributed by atoms with Crippen molar-refractivity contribution in [1.82, 2.24) is 0 Å². The molecule has 1 rings (SSSR count). The minimum Gasteiger partial charge on any atom is -0.494 e. The number of carboxylic acids is 1. The maximum absolute atomic E-state index is 11.0. The number of carboxylic acid groups (broad SMARTS) is 1. The molecule has 0 radical (unpaired) electrons. The van der Waals surface area contributed by atoms with Crippen LogP contribution >= 0.6 is 0 Å². The van der Waals surface area contributed by atoms with Gasteiger partial charge in [0.05, 0.1) is 12.5 Å². The second kappa shape index (κ2) is 9.40. The number of hydrogen-bond acceptors (Lipinski definition) is 3. The van der Waals surface area contributed by atoms with Crippen molar-refractivity contribution in [2.75, 3.05) is 13.2 Å². The Kier molecular flexibility index (Phi) is 7.83. The Balaban J connectivity index is 2.35. The van der Waals surface area contributed by atoms with Gasteiger partial charge >= 0.3 is 5.97 Å².